The van der Waals surface area contributed by atoms with Gasteiger partial charge in [0.1, 0.15) is 17.9 Å². The number of pyridine rings is 1. The predicted molar refractivity (Wildman–Crippen MR) is 65.0 cm³/mol. The maximum atomic E-state index is 12.0. The number of amides is 1. The zero-order chi connectivity index (χ0) is 14.0. The molecule has 0 radical (unpaired) electrons. The summed E-state index contributed by atoms with van der Waals surface area (Å²) < 4.78 is 5.20. The second kappa shape index (κ2) is 4.85. The smallest absolute Gasteiger partial charge is 0.329 e. The summed E-state index contributed by atoms with van der Waals surface area (Å²) in [5.74, 6) is -1.34. The van der Waals surface area contributed by atoms with Gasteiger partial charge >= 0.3 is 5.97 Å². The molecule has 102 valence electrons. The first-order valence-corrected chi connectivity index (χ1v) is 5.74. The first-order chi connectivity index (χ1) is 8.89. The van der Waals surface area contributed by atoms with Crippen molar-refractivity contribution in [2.75, 3.05) is 19.7 Å². The van der Waals surface area contributed by atoms with Gasteiger partial charge < -0.3 is 19.7 Å². The molecule has 1 aliphatic heterocycles. The van der Waals surface area contributed by atoms with Gasteiger partial charge in [-0.25, -0.2) is 4.79 Å². The molecule has 0 saturated carbocycles. The van der Waals surface area contributed by atoms with Crippen LogP contribution in [0.1, 0.15) is 17.4 Å². The zero-order valence-corrected chi connectivity index (χ0v) is 10.4. The van der Waals surface area contributed by atoms with E-state index in [-0.39, 0.29) is 23.8 Å². The molecule has 7 nitrogen and oxygen atoms in total. The average molecular weight is 266 g/mol. The van der Waals surface area contributed by atoms with Crippen molar-refractivity contribution in [1.29, 1.82) is 0 Å². The minimum absolute atomic E-state index is 0.216. The Kier molecular flexibility index (Phi) is 3.39. The third-order valence-electron chi connectivity index (χ3n) is 2.88. The van der Waals surface area contributed by atoms with Crippen LogP contribution in [0.4, 0.5) is 0 Å². The van der Waals surface area contributed by atoms with Crippen LogP contribution in [0.5, 0.6) is 0 Å². The first-order valence-electron chi connectivity index (χ1n) is 5.74. The van der Waals surface area contributed by atoms with Gasteiger partial charge in [-0.15, -0.1) is 0 Å². The summed E-state index contributed by atoms with van der Waals surface area (Å²) >= 11 is 0. The molecule has 1 amide bonds. The molecule has 2 N–H and O–H groups in total. The topological polar surface area (TPSA) is 99.7 Å². The van der Waals surface area contributed by atoms with Crippen molar-refractivity contribution in [2.45, 2.75) is 12.5 Å². The molecule has 1 aromatic rings. The summed E-state index contributed by atoms with van der Waals surface area (Å²) in [5, 5.41) is 8.53. The highest BCUT2D eigenvalue weighted by atomic mass is 16.5. The Morgan fingerprint density at radius 1 is 1.47 bits per heavy atom. The number of carboxylic acid groups (broad SMARTS) is 1. The van der Waals surface area contributed by atoms with Crippen molar-refractivity contribution in [1.82, 2.24) is 9.88 Å². The molecule has 0 atom stereocenters. The fourth-order valence-corrected chi connectivity index (χ4v) is 1.97. The second-order valence-electron chi connectivity index (χ2n) is 4.72. The Balaban J connectivity index is 1.95. The minimum atomic E-state index is -1.04. The number of carbonyl (C=O) groups is 2. The Bertz CT molecular complexity index is 559. The molecule has 7 heteroatoms. The van der Waals surface area contributed by atoms with Crippen molar-refractivity contribution in [3.63, 3.8) is 0 Å². The molecule has 2 heterocycles. The molecule has 0 spiro atoms. The lowest BCUT2D eigenvalue weighted by Gasteiger charge is -2.47. The average Bonchev–Trinajstić information content (AvgIpc) is 2.32. The Morgan fingerprint density at radius 2 is 2.16 bits per heavy atom. The van der Waals surface area contributed by atoms with E-state index in [0.29, 0.717) is 13.1 Å². The molecule has 1 saturated heterocycles. The van der Waals surface area contributed by atoms with Crippen molar-refractivity contribution in [2.24, 2.45) is 0 Å². The lowest BCUT2D eigenvalue weighted by Crippen LogP contribution is -2.63. The maximum Gasteiger partial charge on any atom is 0.329 e. The van der Waals surface area contributed by atoms with Crippen LogP contribution in [0.2, 0.25) is 0 Å². The number of nitrogens with one attached hydrogen (secondary N) is 1. The standard InChI is InChI=1S/C12H14N2O5/c1-12(19-5-10(16)17)6-14(7-12)11(18)8-3-2-4-9(15)13-8/h2-4H,5-7H2,1H3,(H,13,15)(H,16,17). The monoisotopic (exact) mass is 266 g/mol. The number of aliphatic carboxylic acids is 1. The fourth-order valence-electron chi connectivity index (χ4n) is 1.97. The van der Waals surface area contributed by atoms with Gasteiger partial charge in [0.2, 0.25) is 5.56 Å². The number of aromatic amines is 1. The van der Waals surface area contributed by atoms with E-state index in [1.54, 1.807) is 6.92 Å². The number of aromatic nitrogens is 1. The van der Waals surface area contributed by atoms with Crippen molar-refractivity contribution in [3.05, 3.63) is 34.2 Å². The molecule has 2 rings (SSSR count). The number of carboxylic acids is 1. The summed E-state index contributed by atoms with van der Waals surface area (Å²) in [7, 11) is 0. The SMILES string of the molecule is CC1(OCC(=O)O)CN(C(=O)c2cccc(=O)[nH]2)C1. The van der Waals surface area contributed by atoms with Crippen molar-refractivity contribution in [3.8, 4) is 0 Å². The third-order valence-corrected chi connectivity index (χ3v) is 2.88. The summed E-state index contributed by atoms with van der Waals surface area (Å²) in [6.45, 7) is 1.96. The van der Waals surface area contributed by atoms with E-state index >= 15 is 0 Å². The molecular weight excluding hydrogens is 252 g/mol. The Hall–Kier alpha value is -2.15. The number of likely N-dealkylation sites (tertiary alicyclic amines) is 1. The van der Waals surface area contributed by atoms with E-state index in [2.05, 4.69) is 4.98 Å². The molecule has 0 bridgehead atoms. The highest BCUT2D eigenvalue weighted by Gasteiger charge is 2.43. The van der Waals surface area contributed by atoms with E-state index in [9.17, 15) is 14.4 Å². The van der Waals surface area contributed by atoms with Gasteiger partial charge in [-0.2, -0.15) is 0 Å². The molecule has 1 aliphatic rings. The number of rotatable bonds is 4. The number of H-pyrrole nitrogens is 1. The lowest BCUT2D eigenvalue weighted by atomic mass is 9.96. The summed E-state index contributed by atoms with van der Waals surface area (Å²) in [4.78, 5) is 37.5. The van der Waals surface area contributed by atoms with Crippen LogP contribution in [0, 0.1) is 0 Å². The number of carbonyl (C=O) groups excluding carboxylic acids is 1. The Morgan fingerprint density at radius 3 is 2.74 bits per heavy atom. The largest absolute Gasteiger partial charge is 0.480 e. The highest BCUT2D eigenvalue weighted by molar-refractivity contribution is 5.93. The predicted octanol–water partition coefficient (Wildman–Crippen LogP) is -0.309. The highest BCUT2D eigenvalue weighted by Crippen LogP contribution is 2.25. The van der Waals surface area contributed by atoms with Gasteiger partial charge in [-0.05, 0) is 13.0 Å². The van der Waals surface area contributed by atoms with Gasteiger partial charge in [0.25, 0.3) is 5.91 Å². The molecule has 0 aromatic carbocycles. The molecule has 1 aromatic heterocycles. The maximum absolute atomic E-state index is 12.0. The minimum Gasteiger partial charge on any atom is -0.480 e. The van der Waals surface area contributed by atoms with Crippen LogP contribution in [0.15, 0.2) is 23.0 Å². The Labute approximate surface area is 108 Å². The second-order valence-corrected chi connectivity index (χ2v) is 4.72. The lowest BCUT2D eigenvalue weighted by molar-refractivity contribution is -0.159. The molecule has 1 fully saturated rings. The molecule has 19 heavy (non-hydrogen) atoms. The quantitative estimate of drug-likeness (QED) is 0.778. The van der Waals surface area contributed by atoms with E-state index in [1.807, 2.05) is 0 Å². The van der Waals surface area contributed by atoms with E-state index in [1.165, 1.54) is 23.1 Å². The van der Waals surface area contributed by atoms with Crippen molar-refractivity contribution >= 4 is 11.9 Å². The number of hydrogen-bond donors (Lipinski definition) is 2. The summed E-state index contributed by atoms with van der Waals surface area (Å²) in [6.07, 6.45) is 0. The van der Waals surface area contributed by atoms with Crippen molar-refractivity contribution < 1.29 is 19.4 Å². The van der Waals surface area contributed by atoms with Crippen LogP contribution < -0.4 is 5.56 Å². The fraction of sp³-hybridized carbons (Fsp3) is 0.417. The number of nitrogens with zero attached hydrogens (tertiary/aromatic N) is 1. The summed E-state index contributed by atoms with van der Waals surface area (Å²) in [5.41, 5.74) is -0.757. The molecule has 0 unspecified atom stereocenters. The van der Waals surface area contributed by atoms with Crippen LogP contribution in [0.25, 0.3) is 0 Å². The van der Waals surface area contributed by atoms with Crippen LogP contribution >= 0.6 is 0 Å². The number of hydrogen-bond acceptors (Lipinski definition) is 4. The van der Waals surface area contributed by atoms with Gasteiger partial charge in [0.05, 0.1) is 13.1 Å². The zero-order valence-electron chi connectivity index (χ0n) is 10.4. The van der Waals surface area contributed by atoms with E-state index in [0.717, 1.165) is 0 Å². The van der Waals surface area contributed by atoms with Crippen LogP contribution in [-0.2, 0) is 9.53 Å². The third kappa shape index (κ3) is 3.00. The molecule has 0 aliphatic carbocycles. The van der Waals surface area contributed by atoms with Crippen LogP contribution in [0.3, 0.4) is 0 Å². The van der Waals surface area contributed by atoms with Crippen LogP contribution in [-0.4, -0.2) is 52.2 Å². The number of ether oxygens (including phenoxy) is 1. The first kappa shape index (κ1) is 13.3. The van der Waals surface area contributed by atoms with Gasteiger partial charge in [-0.1, -0.05) is 6.07 Å². The van der Waals surface area contributed by atoms with E-state index in [4.69, 9.17) is 9.84 Å². The molecular formula is C12H14N2O5. The van der Waals surface area contributed by atoms with E-state index < -0.39 is 11.6 Å². The normalized spacial score (nSPS) is 16.8. The van der Waals surface area contributed by atoms with Gasteiger partial charge in [-0.3, -0.25) is 9.59 Å². The van der Waals surface area contributed by atoms with Gasteiger partial charge in [0.15, 0.2) is 0 Å². The summed E-state index contributed by atoms with van der Waals surface area (Å²) in [6, 6.07) is 4.36. The van der Waals surface area contributed by atoms with Gasteiger partial charge in [0, 0.05) is 6.07 Å².